The van der Waals surface area contributed by atoms with Gasteiger partial charge in [-0.05, 0) is 60.5 Å². The van der Waals surface area contributed by atoms with Crippen LogP contribution in [0.2, 0.25) is 0 Å². The molecule has 0 aliphatic carbocycles. The number of amidine groups is 1. The van der Waals surface area contributed by atoms with E-state index in [4.69, 9.17) is 4.74 Å². The molecular formula is C24H25N3O2S. The molecule has 0 radical (unpaired) electrons. The Hall–Kier alpha value is -2.57. The van der Waals surface area contributed by atoms with E-state index in [9.17, 15) is 4.79 Å². The molecule has 0 N–H and O–H groups in total. The van der Waals surface area contributed by atoms with Gasteiger partial charge in [-0.15, -0.1) is 0 Å². The van der Waals surface area contributed by atoms with Crippen molar-refractivity contribution < 1.29 is 9.53 Å². The van der Waals surface area contributed by atoms with Crippen molar-refractivity contribution in [2.45, 2.75) is 25.5 Å². The highest BCUT2D eigenvalue weighted by Crippen LogP contribution is 2.32. The average Bonchev–Trinajstić information content (AvgIpc) is 3.40. The Bertz CT molecular complexity index is 972. The second-order valence-corrected chi connectivity index (χ2v) is 8.94. The maximum absolute atomic E-state index is 12.4. The number of amides is 1. The molecule has 0 bridgehead atoms. The minimum Gasteiger partial charge on any atom is -0.489 e. The third kappa shape index (κ3) is 4.30. The molecule has 5 rings (SSSR count). The Morgan fingerprint density at radius 1 is 1.07 bits per heavy atom. The molecule has 1 amide bonds. The number of thioether (sulfide) groups is 1. The van der Waals surface area contributed by atoms with E-state index in [-0.39, 0.29) is 5.91 Å². The first-order valence-electron chi connectivity index (χ1n) is 10.5. The summed E-state index contributed by atoms with van der Waals surface area (Å²) < 4.78 is 5.84. The molecule has 1 unspecified atom stereocenters. The molecule has 3 heterocycles. The second-order valence-electron chi connectivity index (χ2n) is 7.93. The summed E-state index contributed by atoms with van der Waals surface area (Å²) in [4.78, 5) is 22.3. The number of aliphatic imine (C=N–C) groups is 1. The van der Waals surface area contributed by atoms with E-state index in [2.05, 4.69) is 14.8 Å². The largest absolute Gasteiger partial charge is 0.489 e. The quantitative estimate of drug-likeness (QED) is 0.701. The molecule has 0 saturated carbocycles. The minimum atomic E-state index is -0.131. The van der Waals surface area contributed by atoms with E-state index in [1.807, 2.05) is 60.7 Å². The molecule has 30 heavy (non-hydrogen) atoms. The van der Waals surface area contributed by atoms with Crippen molar-refractivity contribution in [1.82, 2.24) is 9.80 Å². The van der Waals surface area contributed by atoms with Gasteiger partial charge in [0.2, 0.25) is 0 Å². The maximum atomic E-state index is 12.4. The van der Waals surface area contributed by atoms with Gasteiger partial charge in [-0.3, -0.25) is 9.69 Å². The van der Waals surface area contributed by atoms with Crippen molar-refractivity contribution in [3.05, 3.63) is 70.6 Å². The molecule has 0 spiro atoms. The fourth-order valence-electron chi connectivity index (χ4n) is 4.25. The number of benzene rings is 2. The third-order valence-corrected chi connectivity index (χ3v) is 6.94. The monoisotopic (exact) mass is 419 g/mol. The smallest absolute Gasteiger partial charge is 0.286 e. The van der Waals surface area contributed by atoms with E-state index in [1.54, 1.807) is 0 Å². The fourth-order valence-corrected chi connectivity index (χ4v) is 5.20. The van der Waals surface area contributed by atoms with E-state index in [0.29, 0.717) is 17.6 Å². The van der Waals surface area contributed by atoms with Crippen LogP contribution in [0.1, 0.15) is 24.0 Å². The first kappa shape index (κ1) is 19.4. The Labute approximate surface area is 181 Å². The van der Waals surface area contributed by atoms with Crippen LogP contribution in [0.15, 0.2) is 64.5 Å². The van der Waals surface area contributed by atoms with E-state index in [1.165, 1.54) is 31.1 Å². The van der Waals surface area contributed by atoms with Gasteiger partial charge >= 0.3 is 0 Å². The van der Waals surface area contributed by atoms with Crippen LogP contribution in [0, 0.1) is 0 Å². The fraction of sp³-hybridized carbons (Fsp3) is 0.333. The molecule has 2 saturated heterocycles. The van der Waals surface area contributed by atoms with Crippen molar-refractivity contribution in [3.63, 3.8) is 0 Å². The topological polar surface area (TPSA) is 45.1 Å². The van der Waals surface area contributed by atoms with Crippen LogP contribution in [0.25, 0.3) is 6.08 Å². The maximum Gasteiger partial charge on any atom is 0.286 e. The van der Waals surface area contributed by atoms with Gasteiger partial charge in [0.1, 0.15) is 12.4 Å². The van der Waals surface area contributed by atoms with Crippen molar-refractivity contribution in [2.24, 2.45) is 4.99 Å². The van der Waals surface area contributed by atoms with E-state index >= 15 is 0 Å². The number of carbonyl (C=O) groups excluding carboxylic acids is 1. The molecule has 0 aromatic heterocycles. The van der Waals surface area contributed by atoms with Crippen molar-refractivity contribution in [3.8, 4) is 5.75 Å². The number of nitrogens with zero attached hydrogens (tertiary/aromatic N) is 3. The number of carbonyl (C=O) groups is 1. The first-order chi connectivity index (χ1) is 14.7. The summed E-state index contributed by atoms with van der Waals surface area (Å²) in [6.45, 7) is 4.77. The highest BCUT2D eigenvalue weighted by atomic mass is 32.2. The zero-order valence-corrected chi connectivity index (χ0v) is 17.7. The lowest BCUT2D eigenvalue weighted by Crippen LogP contribution is -2.51. The number of hydrogen-bond donors (Lipinski definition) is 0. The molecule has 2 aromatic carbocycles. The van der Waals surface area contributed by atoms with E-state index < -0.39 is 0 Å². The summed E-state index contributed by atoms with van der Waals surface area (Å²) in [6.07, 6.45) is 4.47. The lowest BCUT2D eigenvalue weighted by Gasteiger charge is -2.38. The van der Waals surface area contributed by atoms with Gasteiger partial charge in [-0.1, -0.05) is 42.5 Å². The van der Waals surface area contributed by atoms with Crippen molar-refractivity contribution >= 4 is 28.9 Å². The summed E-state index contributed by atoms with van der Waals surface area (Å²) >= 11 is 1.50. The van der Waals surface area contributed by atoms with Gasteiger partial charge in [-0.2, -0.15) is 4.99 Å². The van der Waals surface area contributed by atoms with Crippen molar-refractivity contribution in [1.29, 1.82) is 0 Å². The highest BCUT2D eigenvalue weighted by Gasteiger charge is 2.34. The summed E-state index contributed by atoms with van der Waals surface area (Å²) in [5, 5.41) is 0.862. The van der Waals surface area contributed by atoms with Gasteiger partial charge in [0.05, 0.1) is 4.91 Å². The zero-order valence-electron chi connectivity index (χ0n) is 16.9. The normalized spacial score (nSPS) is 23.0. The molecule has 5 nitrogen and oxygen atoms in total. The number of piperazine rings is 1. The van der Waals surface area contributed by atoms with Crippen LogP contribution in [-0.2, 0) is 11.4 Å². The van der Waals surface area contributed by atoms with Crippen LogP contribution < -0.4 is 4.74 Å². The molecule has 1 atom stereocenters. The Kier molecular flexibility index (Phi) is 5.60. The predicted molar refractivity (Wildman–Crippen MR) is 121 cm³/mol. The van der Waals surface area contributed by atoms with Gasteiger partial charge in [-0.25, -0.2) is 0 Å². The molecule has 2 fully saturated rings. The SMILES string of the molecule is O=C1N=C(N2CCN3CCCC3C2)S/C1=C\c1ccc(OCc2ccccc2)cc1. The summed E-state index contributed by atoms with van der Waals surface area (Å²) in [6, 6.07) is 18.6. The van der Waals surface area contributed by atoms with Crippen LogP contribution in [0.5, 0.6) is 5.75 Å². The number of rotatable bonds is 4. The van der Waals surface area contributed by atoms with Gasteiger partial charge in [0.15, 0.2) is 5.17 Å². The Balaban J connectivity index is 1.20. The zero-order chi connectivity index (χ0) is 20.3. The van der Waals surface area contributed by atoms with E-state index in [0.717, 1.165) is 41.7 Å². The van der Waals surface area contributed by atoms with Gasteiger partial charge in [0, 0.05) is 25.7 Å². The lowest BCUT2D eigenvalue weighted by molar-refractivity contribution is -0.113. The van der Waals surface area contributed by atoms with Crippen LogP contribution in [0.4, 0.5) is 0 Å². The second kappa shape index (κ2) is 8.66. The Morgan fingerprint density at radius 2 is 1.90 bits per heavy atom. The molecule has 3 aliphatic heterocycles. The summed E-state index contributed by atoms with van der Waals surface area (Å²) in [5.74, 6) is 0.686. The lowest BCUT2D eigenvalue weighted by atomic mass is 10.2. The minimum absolute atomic E-state index is 0.131. The van der Waals surface area contributed by atoms with Gasteiger partial charge in [0.25, 0.3) is 5.91 Å². The van der Waals surface area contributed by atoms with Gasteiger partial charge < -0.3 is 9.64 Å². The molecule has 2 aromatic rings. The Morgan fingerprint density at radius 3 is 2.73 bits per heavy atom. The number of hydrogen-bond acceptors (Lipinski definition) is 5. The van der Waals surface area contributed by atoms with Crippen LogP contribution >= 0.6 is 11.8 Å². The average molecular weight is 420 g/mol. The molecule has 154 valence electrons. The summed E-state index contributed by atoms with van der Waals surface area (Å²) in [5.41, 5.74) is 2.12. The molecular weight excluding hydrogens is 394 g/mol. The molecule has 3 aliphatic rings. The standard InChI is InChI=1S/C24H25N3O2S/c28-23-22(30-24(25-23)27-14-13-26-12-4-7-20(26)16-27)15-18-8-10-21(11-9-18)29-17-19-5-2-1-3-6-19/h1-3,5-6,8-11,15,20H,4,7,12-14,16-17H2/b22-15-. The third-order valence-electron chi connectivity index (χ3n) is 5.89. The van der Waals surface area contributed by atoms with Crippen LogP contribution in [0.3, 0.4) is 0 Å². The predicted octanol–water partition coefficient (Wildman–Crippen LogP) is 4.02. The number of ether oxygens (including phenoxy) is 1. The van der Waals surface area contributed by atoms with Crippen molar-refractivity contribution in [2.75, 3.05) is 26.2 Å². The highest BCUT2D eigenvalue weighted by molar-refractivity contribution is 8.18. The number of fused-ring (bicyclic) bond motifs is 1. The molecule has 6 heteroatoms. The van der Waals surface area contributed by atoms with Crippen LogP contribution in [-0.4, -0.2) is 53.1 Å². The first-order valence-corrected chi connectivity index (χ1v) is 11.3. The summed E-state index contributed by atoms with van der Waals surface area (Å²) in [7, 11) is 0.